The van der Waals surface area contributed by atoms with E-state index in [9.17, 15) is 14.7 Å². The van der Waals surface area contributed by atoms with Crippen LogP contribution in [0.5, 0.6) is 0 Å². The van der Waals surface area contributed by atoms with Gasteiger partial charge in [0.2, 0.25) is 0 Å². The third-order valence-corrected chi connectivity index (χ3v) is 7.50. The van der Waals surface area contributed by atoms with Gasteiger partial charge in [-0.1, -0.05) is 142 Å². The Hall–Kier alpha value is -3.44. The van der Waals surface area contributed by atoms with Crippen LogP contribution in [0.15, 0.2) is 109 Å². The van der Waals surface area contributed by atoms with Crippen molar-refractivity contribution >= 4 is 11.9 Å². The van der Waals surface area contributed by atoms with E-state index < -0.39 is 6.10 Å². The fraction of sp³-hybridized carbons (Fsp3) is 0.556. The summed E-state index contributed by atoms with van der Waals surface area (Å²) in [6.07, 6.45) is 57.1. The van der Waals surface area contributed by atoms with Crippen LogP contribution in [-0.2, 0) is 19.1 Å². The van der Waals surface area contributed by atoms with Gasteiger partial charge < -0.3 is 14.6 Å². The lowest BCUT2D eigenvalue weighted by Gasteiger charge is -2.12. The van der Waals surface area contributed by atoms with Crippen molar-refractivity contribution < 1.29 is 24.2 Å². The van der Waals surface area contributed by atoms with Crippen molar-refractivity contribution in [3.05, 3.63) is 109 Å². The van der Waals surface area contributed by atoms with Crippen LogP contribution in [0.3, 0.4) is 0 Å². The molecule has 0 bridgehead atoms. The largest absolute Gasteiger partial charge is 0.463 e. The first-order valence-electron chi connectivity index (χ1n) is 19.4. The molecule has 1 atom stereocenters. The Morgan fingerprint density at radius 1 is 0.420 bits per heavy atom. The minimum absolute atomic E-state index is 0.148. The SMILES string of the molecule is CC/C=C\C/C=C\C/C=C\C/C=C\C/C=C\CCCCCC(=O)OC[C@H](O)COC(=O)CCCCCC/C=C\C/C=C\C/C=C\C/C=C\CC. The normalized spacial score (nSPS) is 13.4. The first-order valence-corrected chi connectivity index (χ1v) is 19.4. The summed E-state index contributed by atoms with van der Waals surface area (Å²) in [4.78, 5) is 23.9. The molecule has 0 radical (unpaired) electrons. The van der Waals surface area contributed by atoms with Crippen LogP contribution in [0, 0.1) is 0 Å². The molecule has 50 heavy (non-hydrogen) atoms. The predicted octanol–water partition coefficient (Wildman–Crippen LogP) is 12.3. The average molecular weight is 691 g/mol. The standard InChI is InChI=1S/C45H70O5/c1-3-5-7-9-11-13-15-17-19-21-22-24-26-28-30-32-34-36-38-40-45(48)50-42-43(46)41-49-44(47)39-37-35-33-31-29-27-25-23-20-18-16-14-12-10-8-6-4-2/h5-8,11-14,17-20,22,24-25,27-28,30,43,46H,3-4,9-10,15-16,21,23,26,29,31-42H2,1-2H3/b7-5-,8-6-,13-11-,14-12-,19-17-,20-18-,24-22-,27-25-,30-28-/t43-/m1/s1. The summed E-state index contributed by atoms with van der Waals surface area (Å²) in [7, 11) is 0. The lowest BCUT2D eigenvalue weighted by atomic mass is 10.1. The van der Waals surface area contributed by atoms with Gasteiger partial charge in [-0.25, -0.2) is 0 Å². The van der Waals surface area contributed by atoms with Crippen LogP contribution in [0.25, 0.3) is 0 Å². The van der Waals surface area contributed by atoms with Crippen LogP contribution in [0.2, 0.25) is 0 Å². The number of rotatable bonds is 33. The van der Waals surface area contributed by atoms with Gasteiger partial charge in [0.05, 0.1) is 0 Å². The average Bonchev–Trinajstić information content (AvgIpc) is 3.12. The van der Waals surface area contributed by atoms with Crippen LogP contribution in [0.4, 0.5) is 0 Å². The molecular formula is C45H70O5. The van der Waals surface area contributed by atoms with Gasteiger partial charge in [-0.15, -0.1) is 0 Å². The topological polar surface area (TPSA) is 72.8 Å². The van der Waals surface area contributed by atoms with Gasteiger partial charge in [0.1, 0.15) is 19.3 Å². The van der Waals surface area contributed by atoms with Crippen LogP contribution in [-0.4, -0.2) is 36.4 Å². The molecule has 0 aromatic carbocycles. The third-order valence-electron chi connectivity index (χ3n) is 7.50. The minimum Gasteiger partial charge on any atom is -0.463 e. The maximum atomic E-state index is 12.0. The highest BCUT2D eigenvalue weighted by molar-refractivity contribution is 5.69. The third kappa shape index (κ3) is 39.0. The molecule has 280 valence electrons. The number of hydrogen-bond acceptors (Lipinski definition) is 5. The maximum absolute atomic E-state index is 12.0. The van der Waals surface area contributed by atoms with Crippen LogP contribution >= 0.6 is 0 Å². The molecule has 0 aliphatic carbocycles. The van der Waals surface area contributed by atoms with E-state index in [1.165, 1.54) is 0 Å². The highest BCUT2D eigenvalue weighted by Gasteiger charge is 2.12. The molecule has 0 aliphatic rings. The van der Waals surface area contributed by atoms with Crippen molar-refractivity contribution in [3.8, 4) is 0 Å². The van der Waals surface area contributed by atoms with Crippen LogP contribution in [0.1, 0.15) is 142 Å². The second kappa shape index (κ2) is 40.0. The summed E-state index contributed by atoms with van der Waals surface area (Å²) in [5.41, 5.74) is 0. The van der Waals surface area contributed by atoms with Crippen molar-refractivity contribution in [2.24, 2.45) is 0 Å². The molecule has 0 rings (SSSR count). The van der Waals surface area contributed by atoms with E-state index in [-0.39, 0.29) is 25.2 Å². The molecule has 0 aliphatic heterocycles. The molecule has 0 aromatic heterocycles. The highest BCUT2D eigenvalue weighted by Crippen LogP contribution is 2.08. The first kappa shape index (κ1) is 46.6. The van der Waals surface area contributed by atoms with E-state index in [1.807, 2.05) is 0 Å². The fourth-order valence-electron chi connectivity index (χ4n) is 4.63. The lowest BCUT2D eigenvalue weighted by Crippen LogP contribution is -2.25. The smallest absolute Gasteiger partial charge is 0.305 e. The van der Waals surface area contributed by atoms with Gasteiger partial charge in [-0.2, -0.15) is 0 Å². The molecule has 0 fully saturated rings. The van der Waals surface area contributed by atoms with Crippen molar-refractivity contribution in [1.82, 2.24) is 0 Å². The number of aliphatic hydroxyl groups excluding tert-OH is 1. The van der Waals surface area contributed by atoms with Gasteiger partial charge >= 0.3 is 11.9 Å². The number of unbranched alkanes of at least 4 members (excludes halogenated alkanes) is 7. The zero-order valence-corrected chi connectivity index (χ0v) is 31.6. The number of carbonyl (C=O) groups excluding carboxylic acids is 2. The lowest BCUT2D eigenvalue weighted by molar-refractivity contribution is -0.152. The molecular weight excluding hydrogens is 620 g/mol. The van der Waals surface area contributed by atoms with Crippen molar-refractivity contribution in [2.75, 3.05) is 13.2 Å². The quantitative estimate of drug-likeness (QED) is 0.0421. The molecule has 0 unspecified atom stereocenters. The Kier molecular flexibility index (Phi) is 37.2. The summed E-state index contributed by atoms with van der Waals surface area (Å²) < 4.78 is 10.3. The van der Waals surface area contributed by atoms with Gasteiger partial charge in [0.25, 0.3) is 0 Å². The predicted molar refractivity (Wildman–Crippen MR) is 214 cm³/mol. The first-order chi connectivity index (χ1) is 24.6. The van der Waals surface area contributed by atoms with E-state index in [0.29, 0.717) is 12.8 Å². The summed E-state index contributed by atoms with van der Waals surface area (Å²) in [6, 6.07) is 0. The summed E-state index contributed by atoms with van der Waals surface area (Å²) in [6.45, 7) is 4.00. The molecule has 0 saturated heterocycles. The van der Waals surface area contributed by atoms with Crippen LogP contribution < -0.4 is 0 Å². The molecule has 5 nitrogen and oxygen atoms in total. The Balaban J connectivity index is 3.61. The van der Waals surface area contributed by atoms with Gasteiger partial charge in [-0.05, 0) is 96.3 Å². The molecule has 0 heterocycles. The van der Waals surface area contributed by atoms with E-state index >= 15 is 0 Å². The Morgan fingerprint density at radius 2 is 0.700 bits per heavy atom. The van der Waals surface area contributed by atoms with E-state index in [1.54, 1.807) is 0 Å². The number of hydrogen-bond donors (Lipinski definition) is 1. The van der Waals surface area contributed by atoms with E-state index in [4.69, 9.17) is 9.47 Å². The minimum atomic E-state index is -0.996. The zero-order valence-electron chi connectivity index (χ0n) is 31.6. The van der Waals surface area contributed by atoms with E-state index in [0.717, 1.165) is 116 Å². The fourth-order valence-corrected chi connectivity index (χ4v) is 4.63. The Labute approximate surface area is 306 Å². The van der Waals surface area contributed by atoms with Gasteiger partial charge in [0, 0.05) is 12.8 Å². The number of carbonyl (C=O) groups is 2. The molecule has 1 N–H and O–H groups in total. The molecule has 0 amide bonds. The molecule has 0 aromatic rings. The van der Waals surface area contributed by atoms with Crippen molar-refractivity contribution in [3.63, 3.8) is 0 Å². The molecule has 0 spiro atoms. The van der Waals surface area contributed by atoms with Crippen molar-refractivity contribution in [2.45, 2.75) is 148 Å². The summed E-state index contributed by atoms with van der Waals surface area (Å²) in [5, 5.41) is 10.0. The van der Waals surface area contributed by atoms with Gasteiger partial charge in [0.15, 0.2) is 0 Å². The summed E-state index contributed by atoms with van der Waals surface area (Å²) in [5.74, 6) is -0.641. The maximum Gasteiger partial charge on any atom is 0.305 e. The highest BCUT2D eigenvalue weighted by atomic mass is 16.6. The second-order valence-corrected chi connectivity index (χ2v) is 12.3. The van der Waals surface area contributed by atoms with Crippen molar-refractivity contribution in [1.29, 1.82) is 0 Å². The van der Waals surface area contributed by atoms with E-state index in [2.05, 4.69) is 123 Å². The summed E-state index contributed by atoms with van der Waals surface area (Å²) >= 11 is 0. The molecule has 5 heteroatoms. The Bertz CT molecular complexity index is 1050. The number of aliphatic hydroxyl groups is 1. The molecule has 0 saturated carbocycles. The second-order valence-electron chi connectivity index (χ2n) is 12.3. The number of ether oxygens (including phenoxy) is 2. The number of allylic oxidation sites excluding steroid dienone is 18. The Morgan fingerprint density at radius 3 is 1.04 bits per heavy atom. The number of esters is 2. The monoisotopic (exact) mass is 691 g/mol. The van der Waals surface area contributed by atoms with Gasteiger partial charge in [-0.3, -0.25) is 9.59 Å². The zero-order chi connectivity index (χ0) is 36.4.